The van der Waals surface area contributed by atoms with E-state index in [2.05, 4.69) is 15.3 Å². The van der Waals surface area contributed by atoms with Gasteiger partial charge in [0.2, 0.25) is 0 Å². The van der Waals surface area contributed by atoms with Crippen molar-refractivity contribution in [3.05, 3.63) is 59.9 Å². The number of aromatic nitrogens is 2. The molecule has 3 aromatic rings. The highest BCUT2D eigenvalue weighted by atomic mass is 16.2. The van der Waals surface area contributed by atoms with Gasteiger partial charge in [-0.3, -0.25) is 5.32 Å². The van der Waals surface area contributed by atoms with Crippen molar-refractivity contribution in [1.29, 1.82) is 0 Å². The fraction of sp³-hybridized carbons (Fsp3) is 0.348. The lowest BCUT2D eigenvalue weighted by atomic mass is 10.1. The minimum Gasteiger partial charge on any atom is -0.342 e. The lowest BCUT2D eigenvalue weighted by molar-refractivity contribution is -0.782. The number of hydrogen-bond donors (Lipinski definition) is 2. The third-order valence-electron chi connectivity index (χ3n) is 6.09. The summed E-state index contributed by atoms with van der Waals surface area (Å²) >= 11 is 0. The molecule has 6 nitrogen and oxygen atoms in total. The third kappa shape index (κ3) is 3.56. The molecule has 4 rings (SSSR count). The molecule has 2 aromatic carbocycles. The van der Waals surface area contributed by atoms with Gasteiger partial charge in [-0.15, -0.1) is 0 Å². The summed E-state index contributed by atoms with van der Waals surface area (Å²) in [7, 11) is 0. The molecule has 2 heterocycles. The first-order valence-corrected chi connectivity index (χ1v) is 10.2. The zero-order chi connectivity index (χ0) is 20.4. The quantitative estimate of drug-likeness (QED) is 0.640. The number of carbonyl (C=O) groups excluding carboxylic acids is 2. The first-order valence-electron chi connectivity index (χ1n) is 10.2. The number of fused-ring (bicyclic) bond motifs is 1. The standard InChI is InChI=1S/C23H26N4O2/c1-16-8-3-4-10-18(16)26-23(29)27(15-7-9-17(27)2)22(28)14-13-21-24-19-11-5-6-12-20(19)25-21/h3-6,8,10-12,17H,7,9,13-15H2,1-2H3,(H-,24,25,26,29)/p+1/t17-,27?/m1/s1. The van der Waals surface area contributed by atoms with Gasteiger partial charge in [0.25, 0.3) is 0 Å². The minimum absolute atomic E-state index is 0.0257. The van der Waals surface area contributed by atoms with Crippen LogP contribution in [0.2, 0.25) is 0 Å². The lowest BCUT2D eigenvalue weighted by Gasteiger charge is -2.33. The lowest BCUT2D eigenvalue weighted by Crippen LogP contribution is -2.60. The molecule has 29 heavy (non-hydrogen) atoms. The summed E-state index contributed by atoms with van der Waals surface area (Å²) < 4.78 is -0.130. The zero-order valence-electron chi connectivity index (χ0n) is 16.9. The second-order valence-corrected chi connectivity index (χ2v) is 7.92. The van der Waals surface area contributed by atoms with Crippen molar-refractivity contribution >= 4 is 28.7 Å². The molecule has 1 unspecified atom stereocenters. The van der Waals surface area contributed by atoms with E-state index in [1.165, 1.54) is 0 Å². The number of rotatable bonds is 4. The predicted octanol–water partition coefficient (Wildman–Crippen LogP) is 4.56. The molecule has 0 radical (unpaired) electrons. The highest BCUT2D eigenvalue weighted by Gasteiger charge is 2.52. The van der Waals surface area contributed by atoms with Crippen LogP contribution in [0.15, 0.2) is 48.5 Å². The number of amides is 3. The van der Waals surface area contributed by atoms with E-state index in [1.807, 2.05) is 62.4 Å². The maximum absolute atomic E-state index is 13.4. The van der Waals surface area contributed by atoms with Gasteiger partial charge in [0, 0.05) is 24.9 Å². The van der Waals surface area contributed by atoms with E-state index in [4.69, 9.17) is 0 Å². The molecule has 3 amide bonds. The van der Waals surface area contributed by atoms with Crippen LogP contribution in [0.5, 0.6) is 0 Å². The van der Waals surface area contributed by atoms with E-state index in [-0.39, 0.29) is 28.9 Å². The highest BCUT2D eigenvalue weighted by Crippen LogP contribution is 2.31. The van der Waals surface area contributed by atoms with Crippen LogP contribution in [0, 0.1) is 6.92 Å². The Morgan fingerprint density at radius 2 is 1.93 bits per heavy atom. The number of aromatic amines is 1. The van der Waals surface area contributed by atoms with Gasteiger partial charge in [0.1, 0.15) is 11.9 Å². The summed E-state index contributed by atoms with van der Waals surface area (Å²) in [5.41, 5.74) is 3.61. The molecule has 1 fully saturated rings. The highest BCUT2D eigenvalue weighted by molar-refractivity contribution is 5.93. The molecule has 1 saturated heterocycles. The average Bonchev–Trinajstić information content (AvgIpc) is 3.31. The minimum atomic E-state index is -0.223. The van der Waals surface area contributed by atoms with E-state index in [9.17, 15) is 9.59 Å². The summed E-state index contributed by atoms with van der Waals surface area (Å²) in [4.78, 5) is 34.5. The van der Waals surface area contributed by atoms with Crippen LogP contribution >= 0.6 is 0 Å². The number of hydrogen-bond acceptors (Lipinski definition) is 3. The van der Waals surface area contributed by atoms with Crippen molar-refractivity contribution in [2.75, 3.05) is 11.9 Å². The first kappa shape index (κ1) is 19.3. The predicted molar refractivity (Wildman–Crippen MR) is 113 cm³/mol. The van der Waals surface area contributed by atoms with Crippen LogP contribution in [0.25, 0.3) is 11.0 Å². The van der Waals surface area contributed by atoms with Crippen LogP contribution in [-0.4, -0.2) is 39.0 Å². The molecule has 0 aliphatic carbocycles. The number of carbonyl (C=O) groups is 2. The average molecular weight is 391 g/mol. The molecule has 1 aliphatic heterocycles. The number of nitrogens with zero attached hydrogens (tertiary/aromatic N) is 2. The monoisotopic (exact) mass is 391 g/mol. The van der Waals surface area contributed by atoms with Crippen molar-refractivity contribution in [1.82, 2.24) is 9.97 Å². The number of imidazole rings is 1. The molecule has 6 heteroatoms. The van der Waals surface area contributed by atoms with Gasteiger partial charge in [-0.05, 0) is 37.6 Å². The van der Waals surface area contributed by atoms with Crippen molar-refractivity contribution in [2.24, 2.45) is 0 Å². The maximum Gasteiger partial charge on any atom is 0.428 e. The fourth-order valence-electron chi connectivity index (χ4n) is 4.34. The Hall–Kier alpha value is -2.99. The number of likely N-dealkylation sites (tertiary alicyclic amines) is 1. The van der Waals surface area contributed by atoms with Crippen molar-refractivity contribution in [2.45, 2.75) is 45.6 Å². The SMILES string of the molecule is Cc1ccccc1NC(=O)[N+]1(C(=O)CCc2nc3ccccc3[nH]2)CCC[C@H]1C. The van der Waals surface area contributed by atoms with Crippen LogP contribution in [0.3, 0.4) is 0 Å². The Labute approximate surface area is 170 Å². The molecular formula is C23H27N4O2+. The second kappa shape index (κ2) is 7.79. The number of para-hydroxylation sites is 3. The van der Waals surface area contributed by atoms with Crippen LogP contribution in [-0.2, 0) is 11.2 Å². The molecule has 2 atom stereocenters. The molecule has 0 spiro atoms. The van der Waals surface area contributed by atoms with E-state index in [1.54, 1.807) is 0 Å². The number of nitrogens with one attached hydrogen (secondary N) is 2. The third-order valence-corrected chi connectivity index (χ3v) is 6.09. The summed E-state index contributed by atoms with van der Waals surface area (Å²) in [6.07, 6.45) is 2.53. The molecular weight excluding hydrogens is 364 g/mol. The normalized spacial score (nSPS) is 21.4. The number of anilines is 1. The van der Waals surface area contributed by atoms with Crippen LogP contribution in [0.1, 0.15) is 37.6 Å². The van der Waals surface area contributed by atoms with Gasteiger partial charge in [-0.25, -0.2) is 14.6 Å². The van der Waals surface area contributed by atoms with E-state index >= 15 is 0 Å². The molecule has 150 valence electrons. The Kier molecular flexibility index (Phi) is 5.20. The molecule has 0 saturated carbocycles. The smallest absolute Gasteiger partial charge is 0.342 e. The number of urea groups is 1. The summed E-state index contributed by atoms with van der Waals surface area (Å²) in [5, 5.41) is 3.01. The van der Waals surface area contributed by atoms with E-state index in [0.717, 1.165) is 41.0 Å². The van der Waals surface area contributed by atoms with Gasteiger partial charge in [-0.1, -0.05) is 30.3 Å². The first-order chi connectivity index (χ1) is 14.0. The van der Waals surface area contributed by atoms with Gasteiger partial charge in [0.15, 0.2) is 0 Å². The second-order valence-electron chi connectivity index (χ2n) is 7.92. The number of imide groups is 1. The molecule has 1 aromatic heterocycles. The topological polar surface area (TPSA) is 74.8 Å². The summed E-state index contributed by atoms with van der Waals surface area (Å²) in [6, 6.07) is 15.2. The largest absolute Gasteiger partial charge is 0.428 e. The Bertz CT molecular complexity index is 1020. The molecule has 0 bridgehead atoms. The van der Waals surface area contributed by atoms with E-state index < -0.39 is 0 Å². The van der Waals surface area contributed by atoms with Gasteiger partial charge < -0.3 is 4.98 Å². The van der Waals surface area contributed by atoms with Crippen molar-refractivity contribution in [3.8, 4) is 0 Å². The van der Waals surface area contributed by atoms with Crippen molar-refractivity contribution in [3.63, 3.8) is 0 Å². The van der Waals surface area contributed by atoms with Crippen LogP contribution in [0.4, 0.5) is 10.5 Å². The van der Waals surface area contributed by atoms with Crippen LogP contribution < -0.4 is 5.32 Å². The fourth-order valence-corrected chi connectivity index (χ4v) is 4.34. The van der Waals surface area contributed by atoms with Gasteiger partial charge >= 0.3 is 11.9 Å². The number of H-pyrrole nitrogens is 1. The molecule has 2 N–H and O–H groups in total. The summed E-state index contributed by atoms with van der Waals surface area (Å²) in [6.45, 7) is 4.51. The summed E-state index contributed by atoms with van der Waals surface area (Å²) in [5.74, 6) is 0.741. The van der Waals surface area contributed by atoms with E-state index in [0.29, 0.717) is 13.0 Å². The number of quaternary nitrogens is 1. The van der Waals surface area contributed by atoms with Gasteiger partial charge in [0.05, 0.1) is 24.0 Å². The number of aryl methyl sites for hydroxylation is 2. The molecule has 1 aliphatic rings. The Balaban J connectivity index is 1.53. The number of benzene rings is 2. The maximum atomic E-state index is 13.4. The zero-order valence-corrected chi connectivity index (χ0v) is 16.9. The Morgan fingerprint density at radius 3 is 2.66 bits per heavy atom. The van der Waals surface area contributed by atoms with Gasteiger partial charge in [-0.2, -0.15) is 4.48 Å². The Morgan fingerprint density at radius 1 is 1.17 bits per heavy atom. The van der Waals surface area contributed by atoms with Crippen molar-refractivity contribution < 1.29 is 14.1 Å².